The number of carbonyl (C=O) groups excluding carboxylic acids is 1. The van der Waals surface area contributed by atoms with Crippen molar-refractivity contribution >= 4 is 22.6 Å². The average Bonchev–Trinajstić information content (AvgIpc) is 3.50. The summed E-state index contributed by atoms with van der Waals surface area (Å²) in [6.45, 7) is 0.945. The van der Waals surface area contributed by atoms with E-state index >= 15 is 0 Å². The zero-order valence-electron chi connectivity index (χ0n) is 18.4. The van der Waals surface area contributed by atoms with Gasteiger partial charge >= 0.3 is 0 Å². The number of carbonyl (C=O) groups is 1. The van der Waals surface area contributed by atoms with E-state index in [2.05, 4.69) is 56.6 Å². The molecule has 0 aliphatic carbocycles. The van der Waals surface area contributed by atoms with Crippen molar-refractivity contribution < 1.29 is 14.6 Å². The standard InChI is InChI=1S/C27H24N4O3/c32-14-15-34-23-10-8-21(9-11-23)27(33)28-26-17-24(29-30-26)22-7-6-20-12-13-31(25(20)16-22)18-19-4-2-1-3-5-19/h1-13,16-17,32H,14-15,18H2,(H2,28,29,30,33). The Balaban J connectivity index is 1.31. The minimum Gasteiger partial charge on any atom is -0.491 e. The van der Waals surface area contributed by atoms with E-state index in [1.807, 2.05) is 30.3 Å². The van der Waals surface area contributed by atoms with Crippen LogP contribution in [0.1, 0.15) is 15.9 Å². The van der Waals surface area contributed by atoms with Crippen LogP contribution < -0.4 is 10.1 Å². The number of fused-ring (bicyclic) bond motifs is 1. The highest BCUT2D eigenvalue weighted by Crippen LogP contribution is 2.26. The van der Waals surface area contributed by atoms with Crippen molar-refractivity contribution in [2.75, 3.05) is 18.5 Å². The van der Waals surface area contributed by atoms with Crippen LogP contribution in [-0.4, -0.2) is 39.0 Å². The highest BCUT2D eigenvalue weighted by atomic mass is 16.5. The molecular formula is C27H24N4O3. The lowest BCUT2D eigenvalue weighted by molar-refractivity contribution is 0.102. The summed E-state index contributed by atoms with van der Waals surface area (Å²) in [6.07, 6.45) is 2.10. The van der Waals surface area contributed by atoms with Gasteiger partial charge in [-0.2, -0.15) is 5.10 Å². The fourth-order valence-corrected chi connectivity index (χ4v) is 3.86. The van der Waals surface area contributed by atoms with Crippen molar-refractivity contribution in [3.8, 4) is 17.0 Å². The first-order valence-electron chi connectivity index (χ1n) is 11.0. The molecular weight excluding hydrogens is 428 g/mol. The smallest absolute Gasteiger partial charge is 0.256 e. The molecule has 34 heavy (non-hydrogen) atoms. The van der Waals surface area contributed by atoms with Crippen molar-refractivity contribution in [1.82, 2.24) is 14.8 Å². The second-order valence-corrected chi connectivity index (χ2v) is 7.92. The third-order valence-electron chi connectivity index (χ3n) is 5.57. The predicted molar refractivity (Wildman–Crippen MR) is 132 cm³/mol. The maximum atomic E-state index is 12.6. The Kier molecular flexibility index (Phi) is 6.09. The molecule has 0 atom stereocenters. The maximum Gasteiger partial charge on any atom is 0.256 e. The summed E-state index contributed by atoms with van der Waals surface area (Å²) in [5.41, 5.74) is 4.56. The van der Waals surface area contributed by atoms with E-state index in [1.54, 1.807) is 24.3 Å². The van der Waals surface area contributed by atoms with Gasteiger partial charge in [-0.05, 0) is 47.3 Å². The zero-order chi connectivity index (χ0) is 23.3. The lowest BCUT2D eigenvalue weighted by atomic mass is 10.1. The second-order valence-electron chi connectivity index (χ2n) is 7.92. The molecule has 2 aromatic heterocycles. The molecule has 0 spiro atoms. The van der Waals surface area contributed by atoms with Crippen LogP contribution in [0.3, 0.4) is 0 Å². The molecule has 0 unspecified atom stereocenters. The molecule has 3 aromatic carbocycles. The van der Waals surface area contributed by atoms with Gasteiger partial charge in [0.15, 0.2) is 0 Å². The summed E-state index contributed by atoms with van der Waals surface area (Å²) < 4.78 is 7.55. The first-order chi connectivity index (χ1) is 16.7. The van der Waals surface area contributed by atoms with Gasteiger partial charge in [0.05, 0.1) is 12.3 Å². The summed E-state index contributed by atoms with van der Waals surface area (Å²) >= 11 is 0. The molecule has 0 bridgehead atoms. The SMILES string of the molecule is O=C(Nc1cc(-c2ccc3ccn(Cc4ccccc4)c3c2)n[nH]1)c1ccc(OCCO)cc1. The molecule has 3 N–H and O–H groups in total. The molecule has 5 rings (SSSR count). The fraction of sp³-hybridized carbons (Fsp3) is 0.111. The molecule has 5 aromatic rings. The average molecular weight is 453 g/mol. The molecule has 170 valence electrons. The van der Waals surface area contributed by atoms with Gasteiger partial charge in [0.1, 0.15) is 18.2 Å². The van der Waals surface area contributed by atoms with E-state index in [1.165, 1.54) is 5.56 Å². The van der Waals surface area contributed by atoms with Crippen LogP contribution in [0.2, 0.25) is 0 Å². The van der Waals surface area contributed by atoms with Gasteiger partial charge in [-0.25, -0.2) is 0 Å². The Morgan fingerprint density at radius 2 is 1.82 bits per heavy atom. The molecule has 2 heterocycles. The number of aromatic amines is 1. The number of amides is 1. The third kappa shape index (κ3) is 4.69. The van der Waals surface area contributed by atoms with E-state index in [4.69, 9.17) is 9.84 Å². The van der Waals surface area contributed by atoms with Crippen LogP contribution in [0.4, 0.5) is 5.82 Å². The topological polar surface area (TPSA) is 92.2 Å². The Morgan fingerprint density at radius 3 is 2.62 bits per heavy atom. The second kappa shape index (κ2) is 9.64. The number of aromatic nitrogens is 3. The normalized spacial score (nSPS) is 11.0. The number of aliphatic hydroxyl groups excluding tert-OH is 1. The minimum atomic E-state index is -0.254. The number of aliphatic hydroxyl groups is 1. The molecule has 0 saturated heterocycles. The summed E-state index contributed by atoms with van der Waals surface area (Å²) in [4.78, 5) is 12.6. The Morgan fingerprint density at radius 1 is 1.00 bits per heavy atom. The highest BCUT2D eigenvalue weighted by molar-refractivity contribution is 6.04. The minimum absolute atomic E-state index is 0.0593. The van der Waals surface area contributed by atoms with E-state index in [0.29, 0.717) is 17.1 Å². The Hall–Kier alpha value is -4.36. The molecule has 0 fully saturated rings. The first kappa shape index (κ1) is 21.5. The fourth-order valence-electron chi connectivity index (χ4n) is 3.86. The Bertz CT molecular complexity index is 1410. The van der Waals surface area contributed by atoms with E-state index < -0.39 is 0 Å². The number of hydrogen-bond acceptors (Lipinski definition) is 4. The van der Waals surface area contributed by atoms with Crippen molar-refractivity contribution in [3.63, 3.8) is 0 Å². The number of hydrogen-bond donors (Lipinski definition) is 3. The number of anilines is 1. The van der Waals surface area contributed by atoms with Crippen LogP contribution in [0.15, 0.2) is 91.1 Å². The van der Waals surface area contributed by atoms with Crippen LogP contribution in [0.5, 0.6) is 5.75 Å². The molecule has 0 aliphatic heterocycles. The summed E-state index contributed by atoms with van der Waals surface area (Å²) in [5.74, 6) is 0.860. The highest BCUT2D eigenvalue weighted by Gasteiger charge is 2.11. The summed E-state index contributed by atoms with van der Waals surface area (Å²) in [6, 6.07) is 27.3. The zero-order valence-corrected chi connectivity index (χ0v) is 18.4. The number of rotatable bonds is 8. The molecule has 0 aliphatic rings. The summed E-state index contributed by atoms with van der Waals surface area (Å²) in [7, 11) is 0. The van der Waals surface area contributed by atoms with Crippen LogP contribution in [0, 0.1) is 0 Å². The quantitative estimate of drug-likeness (QED) is 0.318. The predicted octanol–water partition coefficient (Wildman–Crippen LogP) is 4.70. The molecule has 0 saturated carbocycles. The van der Waals surface area contributed by atoms with Crippen molar-refractivity contribution in [1.29, 1.82) is 0 Å². The van der Waals surface area contributed by atoms with E-state index in [0.717, 1.165) is 28.7 Å². The van der Waals surface area contributed by atoms with Crippen molar-refractivity contribution in [2.24, 2.45) is 0 Å². The van der Waals surface area contributed by atoms with Gasteiger partial charge in [0.25, 0.3) is 5.91 Å². The van der Waals surface area contributed by atoms with Gasteiger partial charge in [-0.15, -0.1) is 0 Å². The number of nitrogens with one attached hydrogen (secondary N) is 2. The van der Waals surface area contributed by atoms with Crippen LogP contribution >= 0.6 is 0 Å². The number of benzene rings is 3. The molecule has 0 radical (unpaired) electrons. The molecule has 7 heteroatoms. The van der Waals surface area contributed by atoms with Gasteiger partial charge in [-0.1, -0.05) is 42.5 Å². The number of nitrogens with zero attached hydrogens (tertiary/aromatic N) is 2. The van der Waals surface area contributed by atoms with Gasteiger partial charge < -0.3 is 19.7 Å². The Labute approximate surface area is 196 Å². The number of ether oxygens (including phenoxy) is 1. The van der Waals surface area contributed by atoms with Crippen LogP contribution in [-0.2, 0) is 6.54 Å². The largest absolute Gasteiger partial charge is 0.491 e. The van der Waals surface area contributed by atoms with E-state index in [9.17, 15) is 4.79 Å². The molecule has 1 amide bonds. The molecule has 7 nitrogen and oxygen atoms in total. The van der Waals surface area contributed by atoms with Gasteiger partial charge in [0.2, 0.25) is 0 Å². The summed E-state index contributed by atoms with van der Waals surface area (Å²) in [5, 5.41) is 20.1. The number of H-pyrrole nitrogens is 1. The van der Waals surface area contributed by atoms with E-state index in [-0.39, 0.29) is 19.1 Å². The van der Waals surface area contributed by atoms with Crippen molar-refractivity contribution in [2.45, 2.75) is 6.54 Å². The monoisotopic (exact) mass is 452 g/mol. The maximum absolute atomic E-state index is 12.6. The van der Waals surface area contributed by atoms with Gasteiger partial charge in [-0.3, -0.25) is 9.89 Å². The lowest BCUT2D eigenvalue weighted by Crippen LogP contribution is -2.12. The lowest BCUT2D eigenvalue weighted by Gasteiger charge is -2.07. The third-order valence-corrected chi connectivity index (χ3v) is 5.57. The first-order valence-corrected chi connectivity index (χ1v) is 11.0. The van der Waals surface area contributed by atoms with Gasteiger partial charge in [0, 0.05) is 35.5 Å². The van der Waals surface area contributed by atoms with Crippen LogP contribution in [0.25, 0.3) is 22.2 Å². The van der Waals surface area contributed by atoms with Crippen molar-refractivity contribution in [3.05, 3.63) is 102 Å².